The van der Waals surface area contributed by atoms with Crippen LogP contribution in [-0.2, 0) is 78.8 Å². The lowest BCUT2D eigenvalue weighted by Gasteiger charge is -2.52. The van der Waals surface area contributed by atoms with Crippen molar-refractivity contribution in [1.82, 2.24) is 28.9 Å². The van der Waals surface area contributed by atoms with Gasteiger partial charge in [0.25, 0.3) is 17.7 Å². The number of amides is 3. The minimum Gasteiger partial charge on any atom is -0.490 e. The molecule has 6 fully saturated rings. The molecule has 6 bridgehead atoms. The summed E-state index contributed by atoms with van der Waals surface area (Å²) in [6, 6.07) is 36.2. The maximum Gasteiger partial charge on any atom is 0.262 e. The van der Waals surface area contributed by atoms with E-state index in [0.717, 1.165) is 250 Å². The fourth-order valence-corrected chi connectivity index (χ4v) is 33.4. The number of hydrogen-bond acceptors (Lipinski definition) is 21. The van der Waals surface area contributed by atoms with Crippen LogP contribution in [0.25, 0.3) is 0 Å². The Labute approximate surface area is 890 Å². The summed E-state index contributed by atoms with van der Waals surface area (Å²) >= 11 is 19.4. The van der Waals surface area contributed by atoms with E-state index in [1.54, 1.807) is 18.2 Å². The molecule has 15 aliphatic rings. The van der Waals surface area contributed by atoms with Gasteiger partial charge in [-0.1, -0.05) is 93.0 Å². The molecule has 0 aromatic heterocycles. The van der Waals surface area contributed by atoms with Gasteiger partial charge in [-0.3, -0.25) is 43.2 Å². The van der Waals surface area contributed by atoms with Gasteiger partial charge in [-0.15, -0.1) is 0 Å². The smallest absolute Gasteiger partial charge is 0.262 e. The molecule has 6 aliphatic carbocycles. The van der Waals surface area contributed by atoms with E-state index in [1.807, 2.05) is 75.4 Å². The molecule has 0 radical (unpaired) electrons. The van der Waals surface area contributed by atoms with Crippen molar-refractivity contribution in [3.63, 3.8) is 0 Å². The van der Waals surface area contributed by atoms with E-state index in [4.69, 9.17) is 63.2 Å². The average molecular weight is 2140 g/mol. The maximum absolute atomic E-state index is 13.9. The van der Waals surface area contributed by atoms with Gasteiger partial charge in [0.1, 0.15) is 17.2 Å². The minimum absolute atomic E-state index is 0.0577. The van der Waals surface area contributed by atoms with Crippen LogP contribution in [0.15, 0.2) is 109 Å². The fourth-order valence-electron chi connectivity index (χ4n) is 28.3. The number of benzene rings is 6. The number of aryl methyl sites for hydroxylation is 3. The largest absolute Gasteiger partial charge is 0.490 e. The number of morpholine rings is 3. The zero-order chi connectivity index (χ0) is 104. The van der Waals surface area contributed by atoms with Gasteiger partial charge in [0.15, 0.2) is 0 Å². The first kappa shape index (κ1) is 108. The molecule has 3 spiro atoms. The predicted octanol–water partition coefficient (Wildman–Crippen LogP) is 17.6. The molecule has 3 saturated carbocycles. The quantitative estimate of drug-likeness (QED) is 0.0846. The molecule has 804 valence electrons. The van der Waals surface area contributed by atoms with Gasteiger partial charge in [-0.2, -0.15) is 0 Å². The molecule has 6 aromatic carbocycles. The van der Waals surface area contributed by atoms with E-state index in [1.165, 1.54) is 33.4 Å². The number of fused-ring (bicyclic) bond motifs is 12. The molecule has 30 heteroatoms. The van der Waals surface area contributed by atoms with Crippen molar-refractivity contribution < 1.29 is 70.8 Å². The molecule has 3 saturated heterocycles. The van der Waals surface area contributed by atoms with Gasteiger partial charge in [-0.25, -0.2) is 12.6 Å². The van der Waals surface area contributed by atoms with E-state index < -0.39 is 45.9 Å². The second-order valence-electron chi connectivity index (χ2n) is 47.9. The van der Waals surface area contributed by atoms with Crippen LogP contribution in [0, 0.1) is 53.3 Å². The SMILES string of the molecule is C=S1(=O)NC(=O)c2ccc3c(c2)N(C[C@@H]2CC[C@H]2[C@@](O)(CN2CCOC[C@@H]2C)CCC[C@H](C)[C@H]1C)C[C@@]1(CCCc2cc(Cl)ccc21)CO3.C=S1(=O)NC(=O)c2ccc3c(c2)N(C[C@@H]2CC[C@H]2[C@@](O)(CN2CCO[C@@H](C)C2)CCC[C@H](C)[C@H]1C)C[C@@]1(CCCc2cc(Cl)ccc21)CO3.C=S1(=O)NC(=O)c2ccc3c(c2)N(C[C@@H]2CC[C@H]2[C@](O)(CN2CCOC[C@@H]2C)CCC[C@H](C)[C@H]1C)C[C@@]1(CCCc2cc(Cl)ccc21)CO3. The van der Waals surface area contributed by atoms with Crippen LogP contribution < -0.4 is 43.1 Å². The lowest BCUT2D eigenvalue weighted by molar-refractivity contribution is -0.124. The van der Waals surface area contributed by atoms with Gasteiger partial charge in [-0.05, 0) is 372 Å². The maximum atomic E-state index is 13.9. The van der Waals surface area contributed by atoms with Crippen molar-refractivity contribution in [2.75, 3.05) is 153 Å². The van der Waals surface area contributed by atoms with Crippen LogP contribution in [0.3, 0.4) is 0 Å². The van der Waals surface area contributed by atoms with Crippen molar-refractivity contribution in [2.24, 2.45) is 53.3 Å². The van der Waals surface area contributed by atoms with Crippen LogP contribution >= 0.6 is 34.8 Å². The number of rotatable bonds is 6. The molecule has 147 heavy (non-hydrogen) atoms. The Hall–Kier alpha value is -6.90. The topological polar surface area (TPSA) is 274 Å². The van der Waals surface area contributed by atoms with Gasteiger partial charge < -0.3 is 58.4 Å². The molecule has 6 N–H and O–H groups in total. The fraction of sp³-hybridized carbons (Fsp3) is 0.641. The lowest BCUT2D eigenvalue weighted by Crippen LogP contribution is -2.59. The first-order valence-corrected chi connectivity index (χ1v) is 61.7. The molecule has 3 unspecified atom stereocenters. The molecular weight excluding hydrogens is 1970 g/mol. The van der Waals surface area contributed by atoms with Gasteiger partial charge in [0.05, 0.1) is 122 Å². The summed E-state index contributed by atoms with van der Waals surface area (Å²) in [4.78, 5) is 55.7. The molecule has 21 rings (SSSR count). The van der Waals surface area contributed by atoms with E-state index >= 15 is 0 Å². The average Bonchev–Trinajstić information content (AvgIpc) is 1.64. The standard InChI is InChI=1S/3C39H54ClN3O5S/c2*1-26-7-5-16-39(45,24-42-17-18-47-22-27(42)2)34-12-9-31(34)21-43-23-38(15-6-8-29-19-32(40)11-13-33(29)38)25-48-36-14-10-30(20-35(36)43)37(44)41-49(4,46)28(26)3;1-26-7-5-16-39(45,24-42-17-18-47-27(2)21-42)34-12-9-31(34)22-43-23-38(15-6-8-29-19-32(40)11-13-33(29)38)25-48-36-14-10-30(20-35(36)43)37(44)41-49(4,46)28(26)3/h3*10-11,13-14,19-20,26-28,31,34,45H,4-9,12,15-18,21-25H2,1-3H3,(H,41,44,46)/t26-,27-,28+,31-,34+,38-,39+,49?;2*26-,27-,28+,31-,34+,38-,39-,49?/m000/s1. The molecular formula is C117H162Cl3N9O15S3. The number of carbonyl (C=O) groups is 3. The van der Waals surface area contributed by atoms with Crippen LogP contribution in [-0.4, -0.2) is 267 Å². The third kappa shape index (κ3) is 23.0. The Morgan fingerprint density at radius 2 is 0.714 bits per heavy atom. The van der Waals surface area contributed by atoms with E-state index in [0.29, 0.717) is 114 Å². The molecule has 24 atom stereocenters. The normalized spacial score (nSPS) is 37.2. The number of nitrogens with zero attached hydrogens (tertiary/aromatic N) is 6. The summed E-state index contributed by atoms with van der Waals surface area (Å²) in [6.07, 6.45) is 22.3. The molecule has 6 aromatic rings. The summed E-state index contributed by atoms with van der Waals surface area (Å²) in [6.45, 7) is 33.3. The highest BCUT2D eigenvalue weighted by Gasteiger charge is 2.56. The zero-order valence-electron chi connectivity index (χ0n) is 88.3. The Morgan fingerprint density at radius 3 is 1.02 bits per heavy atom. The number of nitrogens with one attached hydrogen (secondary N) is 3. The first-order valence-electron chi connectivity index (χ1n) is 55.2. The van der Waals surface area contributed by atoms with Crippen molar-refractivity contribution in [3.05, 3.63) is 174 Å². The van der Waals surface area contributed by atoms with E-state index in [9.17, 15) is 42.3 Å². The number of aliphatic hydroxyl groups is 3. The second-order valence-corrected chi connectivity index (χ2v) is 56.4. The number of anilines is 3. The number of β-amino-alcohol motifs (C(OH)–C–C–N with tert-alkyl or cyclic N) is 3. The number of ether oxygens (including phenoxy) is 6. The Kier molecular flexibility index (Phi) is 32.6. The predicted molar refractivity (Wildman–Crippen MR) is 595 cm³/mol. The van der Waals surface area contributed by atoms with Crippen LogP contribution in [0.4, 0.5) is 17.1 Å². The van der Waals surface area contributed by atoms with Crippen molar-refractivity contribution in [2.45, 2.75) is 283 Å². The highest BCUT2D eigenvalue weighted by atomic mass is 35.5. The molecule has 9 aliphatic heterocycles. The van der Waals surface area contributed by atoms with Crippen molar-refractivity contribution in [1.29, 1.82) is 0 Å². The van der Waals surface area contributed by atoms with Crippen LogP contribution in [0.2, 0.25) is 15.1 Å². The van der Waals surface area contributed by atoms with E-state index in [-0.39, 0.29) is 115 Å². The number of hydrogen-bond donors (Lipinski definition) is 6. The lowest BCUT2D eigenvalue weighted by atomic mass is 9.62. The Balaban J connectivity index is 0.000000139. The Morgan fingerprint density at radius 1 is 0.388 bits per heavy atom. The van der Waals surface area contributed by atoms with Gasteiger partial charge >= 0.3 is 0 Å². The minimum atomic E-state index is -2.94. The molecule has 9 heterocycles. The molecule has 3 amide bonds. The zero-order valence-corrected chi connectivity index (χ0v) is 93.0. The molecule has 24 nitrogen and oxygen atoms in total. The summed E-state index contributed by atoms with van der Waals surface area (Å²) in [5.41, 5.74) is 8.44. The van der Waals surface area contributed by atoms with Gasteiger partial charge in [0.2, 0.25) is 0 Å². The second kappa shape index (κ2) is 44.2. The van der Waals surface area contributed by atoms with Gasteiger partial charge in [0, 0.05) is 161 Å². The van der Waals surface area contributed by atoms with Crippen molar-refractivity contribution in [3.8, 4) is 17.2 Å². The highest BCUT2D eigenvalue weighted by molar-refractivity contribution is 8.00. The number of carbonyl (C=O) groups excluding carboxylic acids is 3. The summed E-state index contributed by atoms with van der Waals surface area (Å²) < 4.78 is 87.7. The first-order chi connectivity index (χ1) is 70.1. The highest BCUT2D eigenvalue weighted by Crippen LogP contribution is 2.56. The monoisotopic (exact) mass is 2130 g/mol. The third-order valence-electron chi connectivity index (χ3n) is 38.2. The number of halogens is 3. The van der Waals surface area contributed by atoms with Crippen LogP contribution in [0.5, 0.6) is 17.2 Å². The van der Waals surface area contributed by atoms with Crippen molar-refractivity contribution >= 4 is 116 Å². The van der Waals surface area contributed by atoms with Crippen LogP contribution in [0.1, 0.15) is 262 Å². The Bertz CT molecular complexity index is 5920. The summed E-state index contributed by atoms with van der Waals surface area (Å²) in [7, 11) is -8.83. The van der Waals surface area contributed by atoms with E-state index in [2.05, 4.69) is 139 Å². The summed E-state index contributed by atoms with van der Waals surface area (Å²) in [5, 5.41) is 39.6. The third-order valence-corrected chi connectivity index (χ3v) is 45.5. The summed E-state index contributed by atoms with van der Waals surface area (Å²) in [5.74, 6) is 14.7.